The zero-order valence-corrected chi connectivity index (χ0v) is 11.1. The van der Waals surface area contributed by atoms with Crippen molar-refractivity contribution in [3.05, 3.63) is 24.2 Å². The first-order valence-corrected chi connectivity index (χ1v) is 6.41. The van der Waals surface area contributed by atoms with Crippen molar-refractivity contribution in [2.24, 2.45) is 0 Å². The Balaban J connectivity index is 1.88. The van der Waals surface area contributed by atoms with Crippen molar-refractivity contribution in [1.82, 2.24) is 15.1 Å². The fourth-order valence-electron chi connectivity index (χ4n) is 2.23. The van der Waals surface area contributed by atoms with E-state index in [0.717, 1.165) is 31.7 Å². The van der Waals surface area contributed by atoms with Crippen molar-refractivity contribution in [2.75, 3.05) is 33.7 Å². The Morgan fingerprint density at radius 2 is 2.22 bits per heavy atom. The van der Waals surface area contributed by atoms with Gasteiger partial charge in [-0.05, 0) is 39.1 Å². The van der Waals surface area contributed by atoms with Gasteiger partial charge in [0, 0.05) is 19.6 Å². The number of carbonyl (C=O) groups is 1. The molecule has 1 aromatic rings. The summed E-state index contributed by atoms with van der Waals surface area (Å²) in [5, 5.41) is 2.98. The van der Waals surface area contributed by atoms with Crippen LogP contribution in [0.3, 0.4) is 0 Å². The van der Waals surface area contributed by atoms with Gasteiger partial charge in [-0.3, -0.25) is 4.90 Å². The SMILES string of the molecule is CN(C)[C@@H](CNC(=O)N1CCCC1)c1ccco1. The van der Waals surface area contributed by atoms with Gasteiger partial charge < -0.3 is 14.6 Å². The van der Waals surface area contributed by atoms with E-state index >= 15 is 0 Å². The van der Waals surface area contributed by atoms with E-state index in [1.54, 1.807) is 6.26 Å². The fourth-order valence-corrected chi connectivity index (χ4v) is 2.23. The summed E-state index contributed by atoms with van der Waals surface area (Å²) in [5.41, 5.74) is 0. The maximum atomic E-state index is 11.9. The lowest BCUT2D eigenvalue weighted by Gasteiger charge is -2.24. The van der Waals surface area contributed by atoms with E-state index in [-0.39, 0.29) is 12.1 Å². The Bertz CT molecular complexity index is 370. The largest absolute Gasteiger partial charge is 0.468 e. The summed E-state index contributed by atoms with van der Waals surface area (Å²) in [7, 11) is 3.96. The second-order valence-corrected chi connectivity index (χ2v) is 4.88. The average molecular weight is 251 g/mol. The molecule has 0 radical (unpaired) electrons. The highest BCUT2D eigenvalue weighted by Gasteiger charge is 2.21. The summed E-state index contributed by atoms with van der Waals surface area (Å²) in [6.07, 6.45) is 3.89. The zero-order valence-electron chi connectivity index (χ0n) is 11.1. The minimum absolute atomic E-state index is 0.0332. The van der Waals surface area contributed by atoms with E-state index in [1.807, 2.05) is 36.0 Å². The maximum absolute atomic E-state index is 11.9. The summed E-state index contributed by atoms with van der Waals surface area (Å²) in [6.45, 7) is 2.31. The zero-order chi connectivity index (χ0) is 13.0. The van der Waals surface area contributed by atoms with E-state index in [0.29, 0.717) is 6.54 Å². The van der Waals surface area contributed by atoms with Crippen LogP contribution in [0.15, 0.2) is 22.8 Å². The Morgan fingerprint density at radius 1 is 1.50 bits per heavy atom. The number of rotatable bonds is 4. The molecule has 2 amide bonds. The van der Waals surface area contributed by atoms with Crippen molar-refractivity contribution in [1.29, 1.82) is 0 Å². The molecule has 1 saturated heterocycles. The van der Waals surface area contributed by atoms with Crippen LogP contribution in [-0.2, 0) is 0 Å². The van der Waals surface area contributed by atoms with Gasteiger partial charge in [0.2, 0.25) is 0 Å². The molecule has 5 heteroatoms. The van der Waals surface area contributed by atoms with Crippen molar-refractivity contribution < 1.29 is 9.21 Å². The lowest BCUT2D eigenvalue weighted by Crippen LogP contribution is -2.41. The number of likely N-dealkylation sites (tertiary alicyclic amines) is 1. The second kappa shape index (κ2) is 5.91. The molecule has 0 unspecified atom stereocenters. The van der Waals surface area contributed by atoms with Crippen molar-refractivity contribution in [3.8, 4) is 0 Å². The molecule has 0 aromatic carbocycles. The Kier molecular flexibility index (Phi) is 4.25. The Morgan fingerprint density at radius 3 is 2.78 bits per heavy atom. The smallest absolute Gasteiger partial charge is 0.317 e. The number of hydrogen-bond acceptors (Lipinski definition) is 3. The summed E-state index contributed by atoms with van der Waals surface area (Å²) >= 11 is 0. The molecule has 1 N–H and O–H groups in total. The summed E-state index contributed by atoms with van der Waals surface area (Å²) in [5.74, 6) is 0.877. The van der Waals surface area contributed by atoms with Crippen LogP contribution in [0.2, 0.25) is 0 Å². The van der Waals surface area contributed by atoms with E-state index in [4.69, 9.17) is 4.42 Å². The van der Waals surface area contributed by atoms with Crippen LogP contribution < -0.4 is 5.32 Å². The van der Waals surface area contributed by atoms with Crippen LogP contribution in [0.25, 0.3) is 0 Å². The molecule has 0 spiro atoms. The first kappa shape index (κ1) is 13.0. The van der Waals surface area contributed by atoms with Crippen molar-refractivity contribution in [3.63, 3.8) is 0 Å². The maximum Gasteiger partial charge on any atom is 0.317 e. The molecular formula is C13H21N3O2. The third-order valence-corrected chi connectivity index (χ3v) is 3.33. The lowest BCUT2D eigenvalue weighted by atomic mass is 10.2. The monoisotopic (exact) mass is 251 g/mol. The van der Waals surface area contributed by atoms with Gasteiger partial charge in [-0.2, -0.15) is 0 Å². The van der Waals surface area contributed by atoms with Crippen LogP contribution in [0.5, 0.6) is 0 Å². The predicted molar refractivity (Wildman–Crippen MR) is 69.3 cm³/mol. The van der Waals surface area contributed by atoms with Gasteiger partial charge in [0.15, 0.2) is 0 Å². The third kappa shape index (κ3) is 3.04. The Hall–Kier alpha value is -1.49. The Labute approximate surface area is 108 Å². The summed E-state index contributed by atoms with van der Waals surface area (Å²) < 4.78 is 5.41. The normalized spacial score (nSPS) is 17.2. The van der Waals surface area contributed by atoms with E-state index in [1.165, 1.54) is 0 Å². The molecule has 2 rings (SSSR count). The molecule has 1 fully saturated rings. The number of urea groups is 1. The predicted octanol–water partition coefficient (Wildman–Crippen LogP) is 1.69. The summed E-state index contributed by atoms with van der Waals surface area (Å²) in [6, 6.07) is 3.92. The van der Waals surface area contributed by atoms with Gasteiger partial charge in [-0.15, -0.1) is 0 Å². The topological polar surface area (TPSA) is 48.7 Å². The standard InChI is InChI=1S/C13H21N3O2/c1-15(2)11(12-6-5-9-18-12)10-14-13(17)16-7-3-4-8-16/h5-6,9,11H,3-4,7-8,10H2,1-2H3,(H,14,17)/t11-/m0/s1. The molecule has 1 aromatic heterocycles. The molecule has 1 aliphatic heterocycles. The molecule has 1 atom stereocenters. The first-order chi connectivity index (χ1) is 8.68. The average Bonchev–Trinajstić information content (AvgIpc) is 3.01. The molecule has 0 saturated carbocycles. The molecule has 0 bridgehead atoms. The fraction of sp³-hybridized carbons (Fsp3) is 0.615. The third-order valence-electron chi connectivity index (χ3n) is 3.33. The number of nitrogens with one attached hydrogen (secondary N) is 1. The van der Waals surface area contributed by atoms with Gasteiger partial charge in [-0.25, -0.2) is 4.79 Å². The van der Waals surface area contributed by atoms with Crippen LogP contribution in [0, 0.1) is 0 Å². The number of hydrogen-bond donors (Lipinski definition) is 1. The molecule has 2 heterocycles. The van der Waals surface area contributed by atoms with Gasteiger partial charge >= 0.3 is 6.03 Å². The molecule has 18 heavy (non-hydrogen) atoms. The van der Waals surface area contributed by atoms with Gasteiger partial charge in [-0.1, -0.05) is 0 Å². The molecule has 100 valence electrons. The van der Waals surface area contributed by atoms with Crippen LogP contribution in [0.4, 0.5) is 4.79 Å². The lowest BCUT2D eigenvalue weighted by molar-refractivity contribution is 0.199. The minimum atomic E-state index is 0.0332. The quantitative estimate of drug-likeness (QED) is 0.886. The molecule has 1 aliphatic rings. The highest BCUT2D eigenvalue weighted by Crippen LogP contribution is 2.17. The van der Waals surface area contributed by atoms with E-state index in [2.05, 4.69) is 5.32 Å². The van der Waals surface area contributed by atoms with Crippen LogP contribution >= 0.6 is 0 Å². The van der Waals surface area contributed by atoms with Crippen LogP contribution in [-0.4, -0.2) is 49.6 Å². The number of likely N-dealkylation sites (N-methyl/N-ethyl adjacent to an activating group) is 1. The highest BCUT2D eigenvalue weighted by atomic mass is 16.3. The molecule has 5 nitrogen and oxygen atoms in total. The number of nitrogens with zero attached hydrogens (tertiary/aromatic N) is 2. The minimum Gasteiger partial charge on any atom is -0.468 e. The van der Waals surface area contributed by atoms with Crippen LogP contribution in [0.1, 0.15) is 24.6 Å². The van der Waals surface area contributed by atoms with E-state index < -0.39 is 0 Å². The van der Waals surface area contributed by atoms with Gasteiger partial charge in [0.05, 0.1) is 12.3 Å². The van der Waals surface area contributed by atoms with Gasteiger partial charge in [0.1, 0.15) is 5.76 Å². The second-order valence-electron chi connectivity index (χ2n) is 4.88. The number of carbonyl (C=O) groups excluding carboxylic acids is 1. The highest BCUT2D eigenvalue weighted by molar-refractivity contribution is 5.74. The first-order valence-electron chi connectivity index (χ1n) is 6.41. The number of furan rings is 1. The van der Waals surface area contributed by atoms with Crippen molar-refractivity contribution in [2.45, 2.75) is 18.9 Å². The van der Waals surface area contributed by atoms with Gasteiger partial charge in [0.25, 0.3) is 0 Å². The van der Waals surface area contributed by atoms with Crippen molar-refractivity contribution >= 4 is 6.03 Å². The van der Waals surface area contributed by atoms with E-state index in [9.17, 15) is 4.79 Å². The molecular weight excluding hydrogens is 230 g/mol. The molecule has 0 aliphatic carbocycles. The number of amides is 2. The summed E-state index contributed by atoms with van der Waals surface area (Å²) in [4.78, 5) is 15.8.